The number of cyclic esters (lactones) is 1. The Morgan fingerprint density at radius 2 is 2.44 bits per heavy atom. The van der Waals surface area contributed by atoms with Crippen LogP contribution < -0.4 is 5.73 Å². The smallest absolute Gasteiger partial charge is 0.339 e. The number of carbonyl (C=O) groups is 1. The summed E-state index contributed by atoms with van der Waals surface area (Å²) in [6.07, 6.45) is -0.967. The largest absolute Gasteiger partial charge is 0.434 e. The average Bonchev–Trinajstić information content (AvgIpc) is 2.10. The standard InChI is InChI=1S/C5H9NO3/c1-3-8-4(2-6)5(7)9-3/h3-4H,2,6H2,1H3/t3-,4-/m0/s1. The third kappa shape index (κ3) is 1.20. The van der Waals surface area contributed by atoms with Crippen LogP contribution >= 0.6 is 0 Å². The zero-order valence-corrected chi connectivity index (χ0v) is 5.16. The Kier molecular flexibility index (Phi) is 1.68. The van der Waals surface area contributed by atoms with Crippen LogP contribution in [0.2, 0.25) is 0 Å². The molecule has 2 N–H and O–H groups in total. The summed E-state index contributed by atoms with van der Waals surface area (Å²) in [5.74, 6) is -0.356. The molecular formula is C5H9NO3. The summed E-state index contributed by atoms with van der Waals surface area (Å²) < 4.78 is 9.55. The quantitative estimate of drug-likeness (QED) is 0.475. The van der Waals surface area contributed by atoms with Gasteiger partial charge in [-0.2, -0.15) is 0 Å². The molecule has 1 aliphatic heterocycles. The Bertz CT molecular complexity index is 125. The number of carbonyl (C=O) groups excluding carboxylic acids is 1. The van der Waals surface area contributed by atoms with Crippen LogP contribution in [-0.4, -0.2) is 24.9 Å². The molecule has 4 heteroatoms. The van der Waals surface area contributed by atoms with E-state index in [2.05, 4.69) is 4.74 Å². The number of hydrogen-bond donors (Lipinski definition) is 1. The molecule has 0 saturated carbocycles. The van der Waals surface area contributed by atoms with E-state index in [-0.39, 0.29) is 12.5 Å². The molecule has 0 amide bonds. The first-order valence-electron chi connectivity index (χ1n) is 2.80. The van der Waals surface area contributed by atoms with Gasteiger partial charge in [-0.25, -0.2) is 4.79 Å². The minimum atomic E-state index is -0.542. The van der Waals surface area contributed by atoms with E-state index in [1.807, 2.05) is 0 Å². The molecule has 1 saturated heterocycles. The van der Waals surface area contributed by atoms with E-state index in [9.17, 15) is 4.79 Å². The molecule has 4 nitrogen and oxygen atoms in total. The first-order valence-corrected chi connectivity index (χ1v) is 2.80. The third-order valence-corrected chi connectivity index (χ3v) is 1.11. The Morgan fingerprint density at radius 1 is 1.78 bits per heavy atom. The van der Waals surface area contributed by atoms with Crippen molar-refractivity contribution in [2.24, 2.45) is 5.73 Å². The van der Waals surface area contributed by atoms with Gasteiger partial charge in [-0.1, -0.05) is 0 Å². The summed E-state index contributed by atoms with van der Waals surface area (Å²) in [5.41, 5.74) is 5.16. The lowest BCUT2D eigenvalue weighted by Crippen LogP contribution is -2.26. The van der Waals surface area contributed by atoms with Gasteiger partial charge < -0.3 is 15.2 Å². The maximum Gasteiger partial charge on any atom is 0.339 e. The number of hydrogen-bond acceptors (Lipinski definition) is 4. The van der Waals surface area contributed by atoms with E-state index in [1.165, 1.54) is 0 Å². The minimum absolute atomic E-state index is 0.198. The zero-order chi connectivity index (χ0) is 6.85. The molecule has 0 unspecified atom stereocenters. The molecular weight excluding hydrogens is 122 g/mol. The summed E-state index contributed by atoms with van der Waals surface area (Å²) in [7, 11) is 0. The van der Waals surface area contributed by atoms with Gasteiger partial charge in [0.1, 0.15) is 0 Å². The van der Waals surface area contributed by atoms with Gasteiger partial charge in [0, 0.05) is 6.54 Å². The van der Waals surface area contributed by atoms with Gasteiger partial charge in [0.25, 0.3) is 0 Å². The maximum absolute atomic E-state index is 10.6. The van der Waals surface area contributed by atoms with Gasteiger partial charge in [0.2, 0.25) is 6.29 Å². The summed E-state index contributed by atoms with van der Waals surface area (Å²) in [4.78, 5) is 10.6. The van der Waals surface area contributed by atoms with Gasteiger partial charge in [-0.3, -0.25) is 0 Å². The van der Waals surface area contributed by atoms with Crippen molar-refractivity contribution in [3.8, 4) is 0 Å². The highest BCUT2D eigenvalue weighted by molar-refractivity contribution is 5.76. The zero-order valence-electron chi connectivity index (χ0n) is 5.16. The predicted octanol–water partition coefficient (Wildman–Crippen LogP) is -0.767. The molecule has 0 radical (unpaired) electrons. The predicted molar refractivity (Wildman–Crippen MR) is 29.5 cm³/mol. The van der Waals surface area contributed by atoms with E-state index >= 15 is 0 Å². The fraction of sp³-hybridized carbons (Fsp3) is 0.800. The number of rotatable bonds is 1. The first-order chi connectivity index (χ1) is 4.24. The third-order valence-electron chi connectivity index (χ3n) is 1.11. The highest BCUT2D eigenvalue weighted by atomic mass is 16.7. The van der Waals surface area contributed by atoms with Crippen molar-refractivity contribution in [1.29, 1.82) is 0 Å². The fourth-order valence-electron chi connectivity index (χ4n) is 0.706. The number of ether oxygens (including phenoxy) is 2. The normalized spacial score (nSPS) is 34.7. The first kappa shape index (κ1) is 6.51. The Hall–Kier alpha value is -0.610. The molecule has 1 fully saturated rings. The summed E-state index contributed by atoms with van der Waals surface area (Å²) in [5, 5.41) is 0. The topological polar surface area (TPSA) is 61.5 Å². The molecule has 1 heterocycles. The van der Waals surface area contributed by atoms with Crippen LogP contribution in [0.3, 0.4) is 0 Å². The SMILES string of the molecule is C[C@@H]1OC(=O)[C@H](CN)O1. The van der Waals surface area contributed by atoms with Crippen molar-refractivity contribution in [2.45, 2.75) is 19.3 Å². The van der Waals surface area contributed by atoms with Crippen LogP contribution in [0.4, 0.5) is 0 Å². The van der Waals surface area contributed by atoms with Crippen molar-refractivity contribution in [3.05, 3.63) is 0 Å². The van der Waals surface area contributed by atoms with Crippen LogP contribution in [0.1, 0.15) is 6.92 Å². The summed E-state index contributed by atoms with van der Waals surface area (Å²) >= 11 is 0. The maximum atomic E-state index is 10.6. The van der Waals surface area contributed by atoms with E-state index in [0.717, 1.165) is 0 Å². The fourth-order valence-corrected chi connectivity index (χ4v) is 0.706. The molecule has 0 aromatic heterocycles. The summed E-state index contributed by atoms with van der Waals surface area (Å²) in [6.45, 7) is 1.86. The highest BCUT2D eigenvalue weighted by Gasteiger charge is 2.30. The number of nitrogens with two attached hydrogens (primary N) is 1. The Labute approximate surface area is 52.9 Å². The highest BCUT2D eigenvalue weighted by Crippen LogP contribution is 2.10. The van der Waals surface area contributed by atoms with Crippen molar-refractivity contribution in [1.82, 2.24) is 0 Å². The van der Waals surface area contributed by atoms with Crippen LogP contribution in [0.5, 0.6) is 0 Å². The molecule has 0 aromatic carbocycles. The lowest BCUT2D eigenvalue weighted by atomic mass is 10.4. The van der Waals surface area contributed by atoms with Crippen molar-refractivity contribution >= 4 is 5.97 Å². The lowest BCUT2D eigenvalue weighted by molar-refractivity contribution is -0.142. The van der Waals surface area contributed by atoms with Gasteiger partial charge in [0.15, 0.2) is 6.10 Å². The molecule has 9 heavy (non-hydrogen) atoms. The average molecular weight is 131 g/mol. The second-order valence-corrected chi connectivity index (χ2v) is 1.86. The van der Waals surface area contributed by atoms with Crippen LogP contribution in [0.15, 0.2) is 0 Å². The van der Waals surface area contributed by atoms with Crippen molar-refractivity contribution in [3.63, 3.8) is 0 Å². The van der Waals surface area contributed by atoms with Crippen LogP contribution in [-0.2, 0) is 14.3 Å². The van der Waals surface area contributed by atoms with Crippen LogP contribution in [0, 0.1) is 0 Å². The van der Waals surface area contributed by atoms with Gasteiger partial charge in [0.05, 0.1) is 0 Å². The second kappa shape index (κ2) is 2.33. The van der Waals surface area contributed by atoms with E-state index in [1.54, 1.807) is 6.92 Å². The number of esters is 1. The van der Waals surface area contributed by atoms with E-state index < -0.39 is 12.4 Å². The van der Waals surface area contributed by atoms with Gasteiger partial charge in [-0.05, 0) is 6.92 Å². The molecule has 0 aromatic rings. The van der Waals surface area contributed by atoms with Gasteiger partial charge >= 0.3 is 5.97 Å². The lowest BCUT2D eigenvalue weighted by Gasteiger charge is -1.99. The van der Waals surface area contributed by atoms with Crippen molar-refractivity contribution in [2.75, 3.05) is 6.54 Å². The molecule has 52 valence electrons. The second-order valence-electron chi connectivity index (χ2n) is 1.86. The van der Waals surface area contributed by atoms with Crippen molar-refractivity contribution < 1.29 is 14.3 Å². The monoisotopic (exact) mass is 131 g/mol. The van der Waals surface area contributed by atoms with Gasteiger partial charge in [-0.15, -0.1) is 0 Å². The molecule has 0 spiro atoms. The molecule has 0 aliphatic carbocycles. The Morgan fingerprint density at radius 3 is 2.67 bits per heavy atom. The summed E-state index contributed by atoms with van der Waals surface area (Å²) in [6, 6.07) is 0. The van der Waals surface area contributed by atoms with E-state index in [4.69, 9.17) is 10.5 Å². The molecule has 1 aliphatic rings. The molecule has 2 atom stereocenters. The van der Waals surface area contributed by atoms with Crippen LogP contribution in [0.25, 0.3) is 0 Å². The molecule has 1 rings (SSSR count). The van der Waals surface area contributed by atoms with E-state index in [0.29, 0.717) is 0 Å². The molecule has 0 bridgehead atoms. The Balaban J connectivity index is 2.48. The minimum Gasteiger partial charge on any atom is -0.434 e.